The molecule has 104 valence electrons. The Morgan fingerprint density at radius 1 is 1.42 bits per heavy atom. The van der Waals surface area contributed by atoms with E-state index in [9.17, 15) is 14.0 Å². The molecule has 0 aliphatic rings. The number of halogens is 1. The number of anilines is 1. The van der Waals surface area contributed by atoms with Crippen LogP contribution >= 0.6 is 0 Å². The van der Waals surface area contributed by atoms with E-state index in [-0.39, 0.29) is 6.42 Å². The third-order valence-electron chi connectivity index (χ3n) is 2.68. The van der Waals surface area contributed by atoms with Crippen molar-refractivity contribution >= 4 is 17.7 Å². The van der Waals surface area contributed by atoms with E-state index in [1.807, 2.05) is 0 Å². The molecular weight excluding hydrogens is 251 g/mol. The maximum absolute atomic E-state index is 13.3. The number of carbonyl (C=O) groups is 2. The van der Waals surface area contributed by atoms with E-state index in [0.717, 1.165) is 0 Å². The molecule has 6 heteroatoms. The van der Waals surface area contributed by atoms with Crippen LogP contribution < -0.4 is 10.6 Å². The number of hydrogen-bond donors (Lipinski definition) is 3. The van der Waals surface area contributed by atoms with Crippen LogP contribution in [0.5, 0.6) is 0 Å². The van der Waals surface area contributed by atoms with E-state index in [4.69, 9.17) is 5.11 Å². The standard InChI is InChI=1S/C13H17FN2O3/c1-3-9(7-12(17)18)15-13(19)16-10-5-4-8(2)11(14)6-10/h4-6,9H,3,7H2,1-2H3,(H,17,18)(H2,15,16,19). The summed E-state index contributed by atoms with van der Waals surface area (Å²) in [4.78, 5) is 22.2. The first-order valence-corrected chi connectivity index (χ1v) is 5.97. The van der Waals surface area contributed by atoms with Gasteiger partial charge in [-0.1, -0.05) is 13.0 Å². The number of aliphatic carboxylic acids is 1. The van der Waals surface area contributed by atoms with Crippen LogP contribution in [0.1, 0.15) is 25.3 Å². The highest BCUT2D eigenvalue weighted by atomic mass is 19.1. The molecular formula is C13H17FN2O3. The third kappa shape index (κ3) is 4.95. The van der Waals surface area contributed by atoms with Gasteiger partial charge >= 0.3 is 12.0 Å². The smallest absolute Gasteiger partial charge is 0.319 e. The highest BCUT2D eigenvalue weighted by Crippen LogP contribution is 2.13. The fourth-order valence-electron chi connectivity index (χ4n) is 1.53. The number of nitrogens with one attached hydrogen (secondary N) is 2. The Morgan fingerprint density at radius 3 is 2.63 bits per heavy atom. The summed E-state index contributed by atoms with van der Waals surface area (Å²) in [6, 6.07) is 3.35. The molecule has 0 saturated carbocycles. The largest absolute Gasteiger partial charge is 0.481 e. The summed E-state index contributed by atoms with van der Waals surface area (Å²) in [7, 11) is 0. The molecule has 0 spiro atoms. The maximum atomic E-state index is 13.3. The number of urea groups is 1. The summed E-state index contributed by atoms with van der Waals surface area (Å²) in [6.07, 6.45) is 0.355. The van der Waals surface area contributed by atoms with E-state index in [1.54, 1.807) is 26.0 Å². The average Bonchev–Trinajstić information content (AvgIpc) is 2.32. The number of benzene rings is 1. The van der Waals surface area contributed by atoms with E-state index in [1.165, 1.54) is 6.07 Å². The quantitative estimate of drug-likeness (QED) is 0.767. The SMILES string of the molecule is CCC(CC(=O)O)NC(=O)Nc1ccc(C)c(F)c1. The molecule has 2 amide bonds. The zero-order chi connectivity index (χ0) is 14.4. The number of rotatable bonds is 5. The van der Waals surface area contributed by atoms with Crippen molar-refractivity contribution < 1.29 is 19.1 Å². The van der Waals surface area contributed by atoms with Crippen LogP contribution in [0.25, 0.3) is 0 Å². The number of carbonyl (C=O) groups excluding carboxylic acids is 1. The minimum Gasteiger partial charge on any atom is -0.481 e. The van der Waals surface area contributed by atoms with Crippen LogP contribution in [0.2, 0.25) is 0 Å². The van der Waals surface area contributed by atoms with Gasteiger partial charge in [-0.05, 0) is 31.0 Å². The Hall–Kier alpha value is -2.11. The van der Waals surface area contributed by atoms with Crippen LogP contribution in [0.15, 0.2) is 18.2 Å². The predicted molar refractivity (Wildman–Crippen MR) is 69.6 cm³/mol. The van der Waals surface area contributed by atoms with Crippen LogP contribution in [0.3, 0.4) is 0 Å². The highest BCUT2D eigenvalue weighted by molar-refractivity contribution is 5.89. The molecule has 0 aromatic heterocycles. The molecule has 0 aliphatic heterocycles. The molecule has 1 unspecified atom stereocenters. The van der Waals surface area contributed by atoms with Crippen molar-refractivity contribution in [2.24, 2.45) is 0 Å². The van der Waals surface area contributed by atoms with Gasteiger partial charge in [0.1, 0.15) is 5.82 Å². The van der Waals surface area contributed by atoms with E-state index in [0.29, 0.717) is 17.7 Å². The van der Waals surface area contributed by atoms with Crippen LogP contribution in [-0.2, 0) is 4.79 Å². The lowest BCUT2D eigenvalue weighted by molar-refractivity contribution is -0.137. The molecule has 1 atom stereocenters. The molecule has 19 heavy (non-hydrogen) atoms. The van der Waals surface area contributed by atoms with Crippen LogP contribution in [-0.4, -0.2) is 23.1 Å². The molecule has 0 bridgehead atoms. The van der Waals surface area contributed by atoms with E-state index < -0.39 is 23.9 Å². The topological polar surface area (TPSA) is 78.4 Å². The van der Waals surface area contributed by atoms with Gasteiger partial charge in [0.05, 0.1) is 6.42 Å². The Bertz CT molecular complexity index is 477. The molecule has 0 radical (unpaired) electrons. The van der Waals surface area contributed by atoms with E-state index in [2.05, 4.69) is 10.6 Å². The predicted octanol–water partition coefficient (Wildman–Crippen LogP) is 2.51. The number of amides is 2. The molecule has 0 saturated heterocycles. The molecule has 1 aromatic carbocycles. The van der Waals surface area contributed by atoms with Gasteiger partial charge in [0.2, 0.25) is 0 Å². The fraction of sp³-hybridized carbons (Fsp3) is 0.385. The van der Waals surface area contributed by atoms with Gasteiger partial charge in [-0.2, -0.15) is 0 Å². The van der Waals surface area contributed by atoms with Gasteiger partial charge in [-0.25, -0.2) is 9.18 Å². The zero-order valence-electron chi connectivity index (χ0n) is 10.9. The lowest BCUT2D eigenvalue weighted by Crippen LogP contribution is -2.38. The summed E-state index contributed by atoms with van der Waals surface area (Å²) in [5, 5.41) is 13.7. The summed E-state index contributed by atoms with van der Waals surface area (Å²) in [5.41, 5.74) is 0.814. The first kappa shape index (κ1) is 14.9. The molecule has 5 nitrogen and oxygen atoms in total. The van der Waals surface area contributed by atoms with Crippen LogP contribution in [0.4, 0.5) is 14.9 Å². The summed E-state index contributed by atoms with van der Waals surface area (Å²) in [5.74, 6) is -1.39. The van der Waals surface area contributed by atoms with Crippen molar-refractivity contribution in [3.63, 3.8) is 0 Å². The summed E-state index contributed by atoms with van der Waals surface area (Å²) >= 11 is 0. The first-order valence-electron chi connectivity index (χ1n) is 5.97. The normalized spacial score (nSPS) is 11.7. The second-order valence-corrected chi connectivity index (χ2v) is 4.27. The van der Waals surface area contributed by atoms with Gasteiger partial charge in [-0.3, -0.25) is 4.79 Å². The van der Waals surface area contributed by atoms with Crippen molar-refractivity contribution in [2.45, 2.75) is 32.7 Å². The van der Waals surface area contributed by atoms with Crippen molar-refractivity contribution in [3.05, 3.63) is 29.6 Å². The highest BCUT2D eigenvalue weighted by Gasteiger charge is 2.14. The lowest BCUT2D eigenvalue weighted by Gasteiger charge is -2.15. The summed E-state index contributed by atoms with van der Waals surface area (Å²) < 4.78 is 13.3. The van der Waals surface area contributed by atoms with Crippen molar-refractivity contribution in [2.75, 3.05) is 5.32 Å². The molecule has 3 N–H and O–H groups in total. The molecule has 0 aliphatic carbocycles. The fourth-order valence-corrected chi connectivity index (χ4v) is 1.53. The Labute approximate surface area is 110 Å². The third-order valence-corrected chi connectivity index (χ3v) is 2.68. The van der Waals surface area contributed by atoms with Crippen LogP contribution in [0, 0.1) is 12.7 Å². The monoisotopic (exact) mass is 268 g/mol. The zero-order valence-corrected chi connectivity index (χ0v) is 10.9. The minimum absolute atomic E-state index is 0.147. The summed E-state index contributed by atoms with van der Waals surface area (Å²) in [6.45, 7) is 3.40. The number of carboxylic acids is 1. The second-order valence-electron chi connectivity index (χ2n) is 4.27. The van der Waals surface area contributed by atoms with Gasteiger partial charge in [0, 0.05) is 11.7 Å². The Balaban J connectivity index is 2.58. The second kappa shape index (κ2) is 6.72. The maximum Gasteiger partial charge on any atom is 0.319 e. The lowest BCUT2D eigenvalue weighted by atomic mass is 10.1. The van der Waals surface area contributed by atoms with Crippen molar-refractivity contribution in [1.82, 2.24) is 5.32 Å². The van der Waals surface area contributed by atoms with Gasteiger partial charge in [0.15, 0.2) is 0 Å². The van der Waals surface area contributed by atoms with Gasteiger partial charge in [0.25, 0.3) is 0 Å². The number of carboxylic acid groups (broad SMARTS) is 1. The number of aryl methyl sites for hydroxylation is 1. The van der Waals surface area contributed by atoms with Crippen molar-refractivity contribution in [3.8, 4) is 0 Å². The molecule has 1 aromatic rings. The first-order chi connectivity index (χ1) is 8.92. The van der Waals surface area contributed by atoms with E-state index >= 15 is 0 Å². The molecule has 1 rings (SSSR count). The minimum atomic E-state index is -0.978. The molecule has 0 heterocycles. The molecule has 0 fully saturated rings. The van der Waals surface area contributed by atoms with Gasteiger partial charge in [-0.15, -0.1) is 0 Å². The average molecular weight is 268 g/mol. The van der Waals surface area contributed by atoms with Gasteiger partial charge < -0.3 is 15.7 Å². The Morgan fingerprint density at radius 2 is 2.11 bits per heavy atom. The van der Waals surface area contributed by atoms with Crippen molar-refractivity contribution in [1.29, 1.82) is 0 Å². The number of hydrogen-bond acceptors (Lipinski definition) is 2. The Kier molecular flexibility index (Phi) is 5.29.